The van der Waals surface area contributed by atoms with Crippen molar-refractivity contribution in [1.29, 1.82) is 0 Å². The van der Waals surface area contributed by atoms with Gasteiger partial charge in [-0.1, -0.05) is 170 Å². The van der Waals surface area contributed by atoms with Gasteiger partial charge in [-0.25, -0.2) is 0 Å². The molecule has 1 nitrogen and oxygen atoms in total. The number of fused-ring (bicyclic) bond motifs is 3. The molecule has 0 saturated heterocycles. The normalized spacial score (nSPS) is 12.2. The number of H-pyrrole nitrogens is 1. The molecule has 0 atom stereocenters. The van der Waals surface area contributed by atoms with Gasteiger partial charge in [-0.2, -0.15) is 0 Å². The summed E-state index contributed by atoms with van der Waals surface area (Å²) in [6, 6.07) is 72.3. The molecule has 13 rings (SSSR count). The smallest absolute Gasteiger partial charge is 0.0465 e. The monoisotopic (exact) mass is 719 g/mol. The summed E-state index contributed by atoms with van der Waals surface area (Å²) < 4.78 is 0. The van der Waals surface area contributed by atoms with Gasteiger partial charge < -0.3 is 4.98 Å². The van der Waals surface area contributed by atoms with Crippen molar-refractivity contribution in [3.63, 3.8) is 0 Å². The Morgan fingerprint density at radius 1 is 0.228 bits per heavy atom. The summed E-state index contributed by atoms with van der Waals surface area (Å²) in [5.74, 6) is 0. The molecule has 57 heavy (non-hydrogen) atoms. The minimum Gasteiger partial charge on any atom is -0.355 e. The predicted octanol–water partition coefficient (Wildman–Crippen LogP) is 15.8. The second kappa shape index (κ2) is 11.5. The molecular weight excluding hydrogens is 687 g/mol. The van der Waals surface area contributed by atoms with E-state index in [4.69, 9.17) is 0 Å². The maximum atomic E-state index is 3.67. The first kappa shape index (κ1) is 30.8. The summed E-state index contributed by atoms with van der Waals surface area (Å²) in [4.78, 5) is 3.67. The molecule has 262 valence electrons. The van der Waals surface area contributed by atoms with E-state index >= 15 is 0 Å². The van der Waals surface area contributed by atoms with Gasteiger partial charge in [-0.3, -0.25) is 0 Å². The molecule has 0 aliphatic carbocycles. The second-order valence-electron chi connectivity index (χ2n) is 15.7. The Morgan fingerprint density at radius 2 is 0.561 bits per heavy atom. The average Bonchev–Trinajstić information content (AvgIpc) is 3.65. The zero-order valence-corrected chi connectivity index (χ0v) is 31.0. The largest absolute Gasteiger partial charge is 0.355 e. The van der Waals surface area contributed by atoms with Crippen molar-refractivity contribution in [1.82, 2.24) is 4.98 Å². The fraction of sp³-hybridized carbons (Fsp3) is 0. The van der Waals surface area contributed by atoms with Crippen molar-refractivity contribution >= 4 is 86.4 Å². The van der Waals surface area contributed by atoms with Crippen molar-refractivity contribution in [3.8, 4) is 44.5 Å². The van der Waals surface area contributed by atoms with Crippen LogP contribution in [0.25, 0.3) is 131 Å². The highest BCUT2D eigenvalue weighted by Gasteiger charge is 2.15. The van der Waals surface area contributed by atoms with Crippen LogP contribution >= 0.6 is 0 Å². The molecule has 0 saturated carbocycles. The quantitative estimate of drug-likeness (QED) is 0.174. The molecule has 0 aliphatic heterocycles. The van der Waals surface area contributed by atoms with Crippen molar-refractivity contribution in [2.75, 3.05) is 0 Å². The molecule has 0 aliphatic rings. The van der Waals surface area contributed by atoms with Gasteiger partial charge in [0.15, 0.2) is 0 Å². The Balaban J connectivity index is 0.847. The average molecular weight is 720 g/mol. The standard InChI is InChI=1S/C56H33N/c1-3-37-15-17-41-19-25-45(47-27-21-39(5-1)53(37)55(41)47)35-11-7-33(8-12-35)43-23-29-51-49(31-43)50-32-44(24-30-52(50)57-51)34-9-13-36(14-10-34)46-26-20-42-18-16-38-4-2-6-40-22-28-48(46)56(42)54(38)40/h1-32,57H. The van der Waals surface area contributed by atoms with Crippen LogP contribution in [0.2, 0.25) is 0 Å². The third kappa shape index (κ3) is 4.51. The lowest BCUT2D eigenvalue weighted by Crippen LogP contribution is -1.87. The summed E-state index contributed by atoms with van der Waals surface area (Å²) in [6.07, 6.45) is 0. The second-order valence-corrected chi connectivity index (χ2v) is 15.7. The maximum Gasteiger partial charge on any atom is 0.0465 e. The van der Waals surface area contributed by atoms with E-state index in [-0.39, 0.29) is 0 Å². The highest BCUT2D eigenvalue weighted by Crippen LogP contribution is 2.42. The highest BCUT2D eigenvalue weighted by molar-refractivity contribution is 6.26. The fourth-order valence-corrected chi connectivity index (χ4v) is 9.91. The summed E-state index contributed by atoms with van der Waals surface area (Å²) in [7, 11) is 0. The van der Waals surface area contributed by atoms with Crippen LogP contribution in [-0.4, -0.2) is 4.98 Å². The molecular formula is C56H33N. The molecule has 1 heteroatoms. The van der Waals surface area contributed by atoms with Crippen LogP contribution < -0.4 is 0 Å². The summed E-state index contributed by atoms with van der Waals surface area (Å²) in [6.45, 7) is 0. The van der Waals surface area contributed by atoms with E-state index in [2.05, 4.69) is 199 Å². The van der Waals surface area contributed by atoms with E-state index in [0.717, 1.165) is 11.0 Å². The first-order valence-electron chi connectivity index (χ1n) is 19.8. The van der Waals surface area contributed by atoms with Crippen molar-refractivity contribution in [2.24, 2.45) is 0 Å². The molecule has 1 aromatic heterocycles. The van der Waals surface area contributed by atoms with Crippen LogP contribution in [0.5, 0.6) is 0 Å². The molecule has 0 radical (unpaired) electrons. The summed E-state index contributed by atoms with van der Waals surface area (Å²) in [5.41, 5.74) is 12.2. The first-order valence-corrected chi connectivity index (χ1v) is 19.8. The molecule has 0 fully saturated rings. The van der Waals surface area contributed by atoms with Crippen LogP contribution in [0.15, 0.2) is 194 Å². The van der Waals surface area contributed by atoms with Gasteiger partial charge in [-0.05, 0) is 133 Å². The minimum absolute atomic E-state index is 1.15. The molecule has 1 N–H and O–H groups in total. The lowest BCUT2D eigenvalue weighted by molar-refractivity contribution is 1.54. The van der Waals surface area contributed by atoms with Gasteiger partial charge in [0.05, 0.1) is 0 Å². The molecule has 12 aromatic carbocycles. The Bertz CT molecular complexity index is 3440. The number of aromatic amines is 1. The Labute approximate surface area is 328 Å². The number of nitrogens with one attached hydrogen (secondary N) is 1. The van der Waals surface area contributed by atoms with E-state index in [0.29, 0.717) is 0 Å². The Hall–Kier alpha value is -7.48. The lowest BCUT2D eigenvalue weighted by atomic mass is 9.89. The fourth-order valence-electron chi connectivity index (χ4n) is 9.91. The van der Waals surface area contributed by atoms with Gasteiger partial charge in [0.2, 0.25) is 0 Å². The predicted molar refractivity (Wildman–Crippen MR) is 245 cm³/mol. The molecule has 1 heterocycles. The van der Waals surface area contributed by atoms with E-state index in [9.17, 15) is 0 Å². The van der Waals surface area contributed by atoms with Gasteiger partial charge in [0, 0.05) is 21.8 Å². The van der Waals surface area contributed by atoms with Crippen molar-refractivity contribution in [2.45, 2.75) is 0 Å². The van der Waals surface area contributed by atoms with Crippen LogP contribution in [0.4, 0.5) is 0 Å². The number of rotatable bonds is 4. The topological polar surface area (TPSA) is 15.8 Å². The summed E-state index contributed by atoms with van der Waals surface area (Å²) in [5, 5.41) is 18.3. The SMILES string of the molecule is c1cc2ccc3ccc(-c4ccc(-c5ccc6[nH]c7ccc(-c8ccc(-c9ccc%10ccc%11cccc%12ccc9c%10c%11%12)cc8)cc7c6c5)cc4)c4ccc(c1)c2c34. The number of hydrogen-bond donors (Lipinski definition) is 1. The molecule has 13 aromatic rings. The first-order chi connectivity index (χ1) is 28.2. The van der Waals surface area contributed by atoms with E-state index in [1.54, 1.807) is 0 Å². The number of benzene rings is 12. The van der Waals surface area contributed by atoms with Gasteiger partial charge in [0.25, 0.3) is 0 Å². The lowest BCUT2D eigenvalue weighted by Gasteiger charge is -2.14. The van der Waals surface area contributed by atoms with Gasteiger partial charge in [-0.15, -0.1) is 0 Å². The molecule has 0 bridgehead atoms. The van der Waals surface area contributed by atoms with E-state index in [1.165, 1.54) is 120 Å². The zero-order chi connectivity index (χ0) is 37.2. The number of aromatic nitrogens is 1. The van der Waals surface area contributed by atoms with Crippen LogP contribution in [0.1, 0.15) is 0 Å². The maximum absolute atomic E-state index is 3.67. The molecule has 0 spiro atoms. The Kier molecular flexibility index (Phi) is 6.23. The molecule has 0 unspecified atom stereocenters. The van der Waals surface area contributed by atoms with E-state index in [1.807, 2.05) is 0 Å². The van der Waals surface area contributed by atoms with E-state index < -0.39 is 0 Å². The number of hydrogen-bond acceptors (Lipinski definition) is 0. The summed E-state index contributed by atoms with van der Waals surface area (Å²) >= 11 is 0. The van der Waals surface area contributed by atoms with Gasteiger partial charge in [0.1, 0.15) is 0 Å². The van der Waals surface area contributed by atoms with Crippen molar-refractivity contribution < 1.29 is 0 Å². The Morgan fingerprint density at radius 3 is 0.982 bits per heavy atom. The van der Waals surface area contributed by atoms with Crippen LogP contribution in [-0.2, 0) is 0 Å². The van der Waals surface area contributed by atoms with Crippen LogP contribution in [0, 0.1) is 0 Å². The minimum atomic E-state index is 1.15. The third-order valence-corrected chi connectivity index (χ3v) is 12.7. The van der Waals surface area contributed by atoms with Crippen molar-refractivity contribution in [3.05, 3.63) is 194 Å². The van der Waals surface area contributed by atoms with Gasteiger partial charge >= 0.3 is 0 Å². The third-order valence-electron chi connectivity index (χ3n) is 12.7. The highest BCUT2D eigenvalue weighted by atomic mass is 14.7. The zero-order valence-electron chi connectivity index (χ0n) is 31.0. The molecule has 0 amide bonds. The van der Waals surface area contributed by atoms with Crippen LogP contribution in [0.3, 0.4) is 0 Å².